The highest BCUT2D eigenvalue weighted by Gasteiger charge is 2.21. The number of nitrogens with two attached hydrogens (primary N) is 1. The van der Waals surface area contributed by atoms with Crippen LogP contribution in [0.5, 0.6) is 0 Å². The molecular formula is C16H25N3O2. The molecule has 1 fully saturated rings. The second-order valence-electron chi connectivity index (χ2n) is 5.74. The Kier molecular flexibility index (Phi) is 5.42. The number of nitrogen functional groups attached to an aromatic ring is 1. The van der Waals surface area contributed by atoms with Gasteiger partial charge in [-0.1, -0.05) is 26.2 Å². The average Bonchev–Trinajstić information content (AvgIpc) is 2.66. The molecule has 1 aliphatic rings. The third-order valence-corrected chi connectivity index (χ3v) is 4.12. The molecule has 2 atom stereocenters. The molecule has 1 aromatic heterocycles. The summed E-state index contributed by atoms with van der Waals surface area (Å²) in [5.74, 6) is 0.915. The van der Waals surface area contributed by atoms with Gasteiger partial charge in [0.25, 0.3) is 0 Å². The summed E-state index contributed by atoms with van der Waals surface area (Å²) in [4.78, 5) is 16.2. The third kappa shape index (κ3) is 4.09. The Hall–Kier alpha value is -1.78. The maximum Gasteiger partial charge on any atom is 0.340 e. The van der Waals surface area contributed by atoms with Crippen molar-refractivity contribution < 1.29 is 9.53 Å². The van der Waals surface area contributed by atoms with E-state index in [1.54, 1.807) is 13.0 Å². The van der Waals surface area contributed by atoms with Crippen LogP contribution in [0.15, 0.2) is 12.3 Å². The first-order valence-corrected chi connectivity index (χ1v) is 7.81. The molecule has 0 saturated heterocycles. The first-order chi connectivity index (χ1) is 10.1. The van der Waals surface area contributed by atoms with Crippen molar-refractivity contribution in [1.82, 2.24) is 4.98 Å². The van der Waals surface area contributed by atoms with E-state index < -0.39 is 5.97 Å². The molecule has 0 aliphatic heterocycles. The summed E-state index contributed by atoms with van der Waals surface area (Å²) in [5.41, 5.74) is 6.55. The van der Waals surface area contributed by atoms with E-state index in [4.69, 9.17) is 10.5 Å². The van der Waals surface area contributed by atoms with Crippen molar-refractivity contribution in [3.05, 3.63) is 17.8 Å². The van der Waals surface area contributed by atoms with E-state index in [2.05, 4.69) is 17.2 Å². The van der Waals surface area contributed by atoms with Crippen molar-refractivity contribution in [2.24, 2.45) is 5.92 Å². The molecule has 0 bridgehead atoms. The van der Waals surface area contributed by atoms with Gasteiger partial charge in [-0.05, 0) is 31.7 Å². The minimum absolute atomic E-state index is 0.336. The monoisotopic (exact) mass is 291 g/mol. The summed E-state index contributed by atoms with van der Waals surface area (Å²) in [6.07, 6.45) is 7.73. The molecular weight excluding hydrogens is 266 g/mol. The number of aromatic nitrogens is 1. The number of ether oxygens (including phenoxy) is 1. The zero-order valence-electron chi connectivity index (χ0n) is 12.9. The van der Waals surface area contributed by atoms with Gasteiger partial charge in [0.2, 0.25) is 0 Å². The molecule has 5 heteroatoms. The van der Waals surface area contributed by atoms with Crippen LogP contribution in [0, 0.1) is 5.92 Å². The fourth-order valence-electron chi connectivity index (χ4n) is 2.83. The number of nitrogens with zero attached hydrogens (tertiary/aromatic N) is 1. The van der Waals surface area contributed by atoms with E-state index in [0.29, 0.717) is 35.6 Å². The lowest BCUT2D eigenvalue weighted by Gasteiger charge is -2.23. The van der Waals surface area contributed by atoms with Crippen molar-refractivity contribution in [1.29, 1.82) is 0 Å². The molecule has 1 aromatic rings. The SMILES string of the molecule is CCOC(=O)c1cc(NC2CCCCCC2C)ncc1N. The molecule has 1 aliphatic carbocycles. The van der Waals surface area contributed by atoms with Crippen LogP contribution in [-0.4, -0.2) is 23.6 Å². The molecule has 21 heavy (non-hydrogen) atoms. The second kappa shape index (κ2) is 7.29. The largest absolute Gasteiger partial charge is 0.462 e. The van der Waals surface area contributed by atoms with Crippen LogP contribution in [0.25, 0.3) is 0 Å². The lowest BCUT2D eigenvalue weighted by molar-refractivity contribution is 0.0527. The quantitative estimate of drug-likeness (QED) is 0.658. The van der Waals surface area contributed by atoms with Gasteiger partial charge in [0, 0.05) is 6.04 Å². The maximum absolute atomic E-state index is 11.9. The van der Waals surface area contributed by atoms with Gasteiger partial charge in [-0.15, -0.1) is 0 Å². The number of pyridine rings is 1. The smallest absolute Gasteiger partial charge is 0.340 e. The number of rotatable bonds is 4. The van der Waals surface area contributed by atoms with E-state index in [1.807, 2.05) is 0 Å². The van der Waals surface area contributed by atoms with E-state index in [9.17, 15) is 4.79 Å². The van der Waals surface area contributed by atoms with Crippen LogP contribution in [0.3, 0.4) is 0 Å². The molecule has 0 spiro atoms. The van der Waals surface area contributed by atoms with Crippen LogP contribution in [0.2, 0.25) is 0 Å². The molecule has 3 N–H and O–H groups in total. The summed E-state index contributed by atoms with van der Waals surface area (Å²) in [6.45, 7) is 4.39. The highest BCUT2D eigenvalue weighted by atomic mass is 16.5. The van der Waals surface area contributed by atoms with Crippen LogP contribution in [0.4, 0.5) is 11.5 Å². The number of carbonyl (C=O) groups is 1. The molecule has 2 rings (SSSR count). The Bertz CT molecular complexity index is 490. The van der Waals surface area contributed by atoms with Gasteiger partial charge in [0.15, 0.2) is 0 Å². The van der Waals surface area contributed by atoms with Gasteiger partial charge >= 0.3 is 5.97 Å². The van der Waals surface area contributed by atoms with Crippen molar-refractivity contribution in [3.8, 4) is 0 Å². The fraction of sp³-hybridized carbons (Fsp3) is 0.625. The molecule has 1 saturated carbocycles. The first-order valence-electron chi connectivity index (χ1n) is 7.81. The zero-order chi connectivity index (χ0) is 15.2. The summed E-state index contributed by atoms with van der Waals surface area (Å²) >= 11 is 0. The minimum atomic E-state index is -0.394. The van der Waals surface area contributed by atoms with Crippen LogP contribution in [-0.2, 0) is 4.74 Å². The van der Waals surface area contributed by atoms with Gasteiger partial charge in [0.05, 0.1) is 24.1 Å². The lowest BCUT2D eigenvalue weighted by Crippen LogP contribution is -2.27. The van der Waals surface area contributed by atoms with Gasteiger partial charge in [-0.3, -0.25) is 0 Å². The molecule has 5 nitrogen and oxygen atoms in total. The highest BCUT2D eigenvalue weighted by molar-refractivity contribution is 5.95. The number of carbonyl (C=O) groups excluding carboxylic acids is 1. The summed E-state index contributed by atoms with van der Waals surface area (Å²) in [6, 6.07) is 2.10. The summed E-state index contributed by atoms with van der Waals surface area (Å²) in [5, 5.41) is 3.46. The van der Waals surface area contributed by atoms with Crippen molar-refractivity contribution in [2.75, 3.05) is 17.7 Å². The second-order valence-corrected chi connectivity index (χ2v) is 5.74. The molecule has 0 amide bonds. The number of anilines is 2. The van der Waals surface area contributed by atoms with E-state index in [-0.39, 0.29) is 0 Å². The summed E-state index contributed by atoms with van der Waals surface area (Å²) in [7, 11) is 0. The van der Waals surface area contributed by atoms with Crippen molar-refractivity contribution in [3.63, 3.8) is 0 Å². The highest BCUT2D eigenvalue weighted by Crippen LogP contribution is 2.26. The Morgan fingerprint density at radius 1 is 1.43 bits per heavy atom. The number of esters is 1. The number of hydrogen-bond donors (Lipinski definition) is 2. The van der Waals surface area contributed by atoms with Crippen molar-refractivity contribution in [2.45, 2.75) is 52.0 Å². The Morgan fingerprint density at radius 2 is 2.19 bits per heavy atom. The molecule has 2 unspecified atom stereocenters. The Morgan fingerprint density at radius 3 is 2.95 bits per heavy atom. The summed E-state index contributed by atoms with van der Waals surface area (Å²) < 4.78 is 5.02. The fourth-order valence-corrected chi connectivity index (χ4v) is 2.83. The Balaban J connectivity index is 2.12. The molecule has 1 heterocycles. The van der Waals surface area contributed by atoms with Crippen LogP contribution in [0.1, 0.15) is 56.3 Å². The zero-order valence-corrected chi connectivity index (χ0v) is 12.9. The van der Waals surface area contributed by atoms with Gasteiger partial charge in [-0.25, -0.2) is 9.78 Å². The predicted octanol–water partition coefficient (Wildman–Crippen LogP) is 3.22. The van der Waals surface area contributed by atoms with E-state index in [0.717, 1.165) is 6.42 Å². The Labute approximate surface area is 126 Å². The molecule has 0 aromatic carbocycles. The van der Waals surface area contributed by atoms with Gasteiger partial charge in [0.1, 0.15) is 5.82 Å². The van der Waals surface area contributed by atoms with Crippen molar-refractivity contribution >= 4 is 17.5 Å². The van der Waals surface area contributed by atoms with E-state index in [1.165, 1.54) is 31.9 Å². The van der Waals surface area contributed by atoms with Gasteiger partial charge < -0.3 is 15.8 Å². The predicted molar refractivity (Wildman–Crippen MR) is 84.3 cm³/mol. The standard InChI is InChI=1S/C16H25N3O2/c1-3-21-16(20)12-9-15(18-10-13(12)17)19-14-8-6-4-5-7-11(14)2/h9-11,14H,3-8,17H2,1-2H3,(H,18,19). The van der Waals surface area contributed by atoms with E-state index >= 15 is 0 Å². The minimum Gasteiger partial charge on any atom is -0.462 e. The maximum atomic E-state index is 11.9. The molecule has 116 valence electrons. The topological polar surface area (TPSA) is 77.2 Å². The number of hydrogen-bond acceptors (Lipinski definition) is 5. The normalized spacial score (nSPS) is 22.4. The molecule has 0 radical (unpaired) electrons. The van der Waals surface area contributed by atoms with Crippen LogP contribution < -0.4 is 11.1 Å². The van der Waals surface area contributed by atoms with Crippen LogP contribution >= 0.6 is 0 Å². The lowest BCUT2D eigenvalue weighted by atomic mass is 9.97. The van der Waals surface area contributed by atoms with Gasteiger partial charge in [-0.2, -0.15) is 0 Å². The third-order valence-electron chi connectivity index (χ3n) is 4.12. The number of nitrogens with one attached hydrogen (secondary N) is 1. The average molecular weight is 291 g/mol. The first kappa shape index (κ1) is 15.6.